The van der Waals surface area contributed by atoms with Crippen molar-refractivity contribution in [3.05, 3.63) is 72.3 Å². The fourth-order valence-corrected chi connectivity index (χ4v) is 4.16. The zero-order valence-electron chi connectivity index (χ0n) is 18.5. The van der Waals surface area contributed by atoms with Crippen LogP contribution < -0.4 is 15.0 Å². The van der Waals surface area contributed by atoms with E-state index in [0.717, 1.165) is 54.4 Å². The lowest BCUT2D eigenvalue weighted by Crippen LogP contribution is -2.40. The number of carbonyl (C=O) groups excluding carboxylic acids is 1. The molecule has 0 saturated carbocycles. The van der Waals surface area contributed by atoms with Gasteiger partial charge in [-0.15, -0.1) is 15.3 Å². The zero-order chi connectivity index (χ0) is 22.6. The molecule has 1 N–H and O–H groups in total. The van der Waals surface area contributed by atoms with Gasteiger partial charge in [0, 0.05) is 31.1 Å². The Labute approximate surface area is 192 Å². The number of nitrogens with zero attached hydrogens (tertiary/aromatic N) is 5. The molecular formula is C25H26N6O2. The summed E-state index contributed by atoms with van der Waals surface area (Å²) in [5.74, 6) is 2.53. The van der Waals surface area contributed by atoms with E-state index in [2.05, 4.69) is 20.4 Å². The first-order valence-electron chi connectivity index (χ1n) is 11.1. The highest BCUT2D eigenvalue weighted by atomic mass is 16.5. The first-order chi connectivity index (χ1) is 16.2. The lowest BCUT2D eigenvalue weighted by molar-refractivity contribution is -0.125. The van der Waals surface area contributed by atoms with E-state index in [1.807, 2.05) is 66.7 Å². The topological polar surface area (TPSA) is 84.6 Å². The molecular weight excluding hydrogens is 416 g/mol. The number of methoxy groups -OCH3 is 1. The third-order valence-electron chi connectivity index (χ3n) is 6.10. The highest BCUT2D eigenvalue weighted by Gasteiger charge is 2.26. The van der Waals surface area contributed by atoms with Crippen molar-refractivity contribution in [1.29, 1.82) is 0 Å². The monoisotopic (exact) mass is 442 g/mol. The number of aromatic nitrogens is 4. The first-order valence-corrected chi connectivity index (χ1v) is 11.1. The number of ether oxygens (including phenoxy) is 1. The predicted molar refractivity (Wildman–Crippen MR) is 126 cm³/mol. The second-order valence-electron chi connectivity index (χ2n) is 8.18. The molecule has 1 aliphatic heterocycles. The summed E-state index contributed by atoms with van der Waals surface area (Å²) in [6.45, 7) is 2.08. The maximum atomic E-state index is 12.7. The SMILES string of the molecule is COc1ccc(CNC(=O)C2CCN(c3ccc4nnc(-c5ccccc5)n4n3)CC2)cc1. The lowest BCUT2D eigenvalue weighted by Gasteiger charge is -2.32. The van der Waals surface area contributed by atoms with Crippen LogP contribution in [-0.4, -0.2) is 45.9 Å². The number of piperidine rings is 1. The number of amides is 1. The minimum absolute atomic E-state index is 0.0121. The average molecular weight is 443 g/mol. The fraction of sp³-hybridized carbons (Fsp3) is 0.280. The van der Waals surface area contributed by atoms with Gasteiger partial charge in [0.05, 0.1) is 7.11 Å². The molecule has 0 bridgehead atoms. The van der Waals surface area contributed by atoms with Gasteiger partial charge in [-0.25, -0.2) is 0 Å². The van der Waals surface area contributed by atoms with E-state index in [0.29, 0.717) is 12.2 Å². The standard InChI is InChI=1S/C25H26N6O2/c1-33-21-9-7-18(8-10-21)17-26-25(32)20-13-15-30(16-14-20)23-12-11-22-27-28-24(31(22)29-23)19-5-3-2-4-6-19/h2-12,20H,13-17H2,1H3,(H,26,32). The maximum absolute atomic E-state index is 12.7. The molecule has 1 fully saturated rings. The summed E-state index contributed by atoms with van der Waals surface area (Å²) in [6, 6.07) is 21.6. The average Bonchev–Trinajstić information content (AvgIpc) is 3.31. The second-order valence-corrected chi connectivity index (χ2v) is 8.18. The molecule has 1 aliphatic rings. The number of nitrogens with one attached hydrogen (secondary N) is 1. The van der Waals surface area contributed by atoms with Crippen molar-refractivity contribution in [2.24, 2.45) is 5.92 Å². The number of anilines is 1. The van der Waals surface area contributed by atoms with Gasteiger partial charge in [-0.1, -0.05) is 42.5 Å². The van der Waals surface area contributed by atoms with Crippen LogP contribution in [0.15, 0.2) is 66.7 Å². The largest absolute Gasteiger partial charge is 0.497 e. The number of benzene rings is 2. The summed E-state index contributed by atoms with van der Waals surface area (Å²) in [7, 11) is 1.64. The van der Waals surface area contributed by atoms with Crippen molar-refractivity contribution >= 4 is 17.4 Å². The lowest BCUT2D eigenvalue weighted by atomic mass is 9.96. The minimum atomic E-state index is 0.0121. The molecule has 0 aliphatic carbocycles. The van der Waals surface area contributed by atoms with Crippen LogP contribution in [0.25, 0.3) is 17.0 Å². The van der Waals surface area contributed by atoms with Crippen LogP contribution >= 0.6 is 0 Å². The number of hydrogen-bond donors (Lipinski definition) is 1. The number of rotatable bonds is 6. The number of fused-ring (bicyclic) bond motifs is 1. The first kappa shape index (κ1) is 20.9. The Kier molecular flexibility index (Phi) is 5.89. The fourth-order valence-electron chi connectivity index (χ4n) is 4.16. The molecule has 2 aromatic heterocycles. The van der Waals surface area contributed by atoms with Gasteiger partial charge >= 0.3 is 0 Å². The van der Waals surface area contributed by atoms with Crippen molar-refractivity contribution in [2.45, 2.75) is 19.4 Å². The van der Waals surface area contributed by atoms with E-state index < -0.39 is 0 Å². The molecule has 3 heterocycles. The molecule has 33 heavy (non-hydrogen) atoms. The second kappa shape index (κ2) is 9.28. The third-order valence-corrected chi connectivity index (χ3v) is 6.10. The van der Waals surface area contributed by atoms with Crippen LogP contribution in [0.2, 0.25) is 0 Å². The number of hydrogen-bond acceptors (Lipinski definition) is 6. The zero-order valence-corrected chi connectivity index (χ0v) is 18.5. The van der Waals surface area contributed by atoms with Crippen molar-refractivity contribution in [3.63, 3.8) is 0 Å². The molecule has 168 valence electrons. The normalized spacial score (nSPS) is 14.4. The Morgan fingerprint density at radius 3 is 2.48 bits per heavy atom. The van der Waals surface area contributed by atoms with Crippen molar-refractivity contribution in [3.8, 4) is 17.1 Å². The van der Waals surface area contributed by atoms with Gasteiger partial charge in [-0.3, -0.25) is 4.79 Å². The van der Waals surface area contributed by atoms with Gasteiger partial charge in [0.1, 0.15) is 11.6 Å². The van der Waals surface area contributed by atoms with Gasteiger partial charge in [-0.05, 0) is 42.7 Å². The molecule has 0 atom stereocenters. The smallest absolute Gasteiger partial charge is 0.223 e. The van der Waals surface area contributed by atoms with Gasteiger partial charge in [0.15, 0.2) is 11.5 Å². The van der Waals surface area contributed by atoms with Crippen molar-refractivity contribution < 1.29 is 9.53 Å². The quantitative estimate of drug-likeness (QED) is 0.493. The van der Waals surface area contributed by atoms with Crippen LogP contribution in [0.4, 0.5) is 5.82 Å². The van der Waals surface area contributed by atoms with Gasteiger partial charge in [-0.2, -0.15) is 4.52 Å². The highest BCUT2D eigenvalue weighted by molar-refractivity contribution is 5.79. The summed E-state index contributed by atoms with van der Waals surface area (Å²) in [5, 5.41) is 16.4. The van der Waals surface area contributed by atoms with Crippen LogP contribution in [-0.2, 0) is 11.3 Å². The third kappa shape index (κ3) is 4.50. The van der Waals surface area contributed by atoms with Crippen LogP contribution in [0.1, 0.15) is 18.4 Å². The number of carbonyl (C=O) groups is 1. The van der Waals surface area contributed by atoms with E-state index in [9.17, 15) is 4.79 Å². The van der Waals surface area contributed by atoms with Gasteiger partial charge in [0.2, 0.25) is 5.91 Å². The van der Waals surface area contributed by atoms with E-state index >= 15 is 0 Å². The van der Waals surface area contributed by atoms with Crippen molar-refractivity contribution in [1.82, 2.24) is 25.1 Å². The molecule has 0 radical (unpaired) electrons. The molecule has 1 amide bonds. The van der Waals surface area contributed by atoms with E-state index in [-0.39, 0.29) is 11.8 Å². The summed E-state index contributed by atoms with van der Waals surface area (Å²) in [4.78, 5) is 14.9. The molecule has 4 aromatic rings. The predicted octanol–water partition coefficient (Wildman–Crippen LogP) is 3.33. The van der Waals surface area contributed by atoms with Gasteiger partial charge < -0.3 is 15.0 Å². The van der Waals surface area contributed by atoms with E-state index in [1.165, 1.54) is 0 Å². The summed E-state index contributed by atoms with van der Waals surface area (Å²) in [5.41, 5.74) is 2.74. The molecule has 0 unspecified atom stereocenters. The Hall–Kier alpha value is -3.94. The molecule has 0 spiro atoms. The summed E-state index contributed by atoms with van der Waals surface area (Å²) < 4.78 is 6.97. The van der Waals surface area contributed by atoms with Crippen LogP contribution in [0.5, 0.6) is 5.75 Å². The molecule has 5 rings (SSSR count). The maximum Gasteiger partial charge on any atom is 0.223 e. The highest BCUT2D eigenvalue weighted by Crippen LogP contribution is 2.24. The molecule has 8 heteroatoms. The summed E-state index contributed by atoms with van der Waals surface area (Å²) in [6.07, 6.45) is 1.59. The summed E-state index contributed by atoms with van der Waals surface area (Å²) >= 11 is 0. The Morgan fingerprint density at radius 2 is 1.76 bits per heavy atom. The Bertz CT molecular complexity index is 1230. The Morgan fingerprint density at radius 1 is 1.00 bits per heavy atom. The van der Waals surface area contributed by atoms with E-state index in [1.54, 1.807) is 11.6 Å². The molecule has 2 aromatic carbocycles. The van der Waals surface area contributed by atoms with Crippen LogP contribution in [0, 0.1) is 5.92 Å². The molecule has 8 nitrogen and oxygen atoms in total. The minimum Gasteiger partial charge on any atom is -0.497 e. The van der Waals surface area contributed by atoms with Gasteiger partial charge in [0.25, 0.3) is 0 Å². The molecule has 1 saturated heterocycles. The van der Waals surface area contributed by atoms with Crippen LogP contribution in [0.3, 0.4) is 0 Å². The Balaban J connectivity index is 1.21. The van der Waals surface area contributed by atoms with Crippen molar-refractivity contribution in [2.75, 3.05) is 25.1 Å². The van der Waals surface area contributed by atoms with E-state index in [4.69, 9.17) is 9.84 Å².